The SMILES string of the molecule is CO[C@@H](O)[C@@H](O)C(O)[C@@H](CCO)O[C@@H]1OC(CO)[C@H](O)[C@H](O)C1O. The normalized spacial score (nSPS) is 36.1. The monoisotopic (exact) mass is 358 g/mol. The zero-order chi connectivity index (χ0) is 18.4. The number of ether oxygens (including phenoxy) is 3. The second-order valence-corrected chi connectivity index (χ2v) is 5.49. The largest absolute Gasteiger partial charge is 0.396 e. The summed E-state index contributed by atoms with van der Waals surface area (Å²) in [5.41, 5.74) is 0. The number of rotatable bonds is 9. The Bertz CT molecular complexity index is 355. The van der Waals surface area contributed by atoms with Crippen LogP contribution >= 0.6 is 0 Å². The molecule has 0 aromatic carbocycles. The number of aliphatic hydroxyl groups is 8. The van der Waals surface area contributed by atoms with E-state index in [0.29, 0.717) is 0 Å². The summed E-state index contributed by atoms with van der Waals surface area (Å²) >= 11 is 0. The summed E-state index contributed by atoms with van der Waals surface area (Å²) in [7, 11) is 1.10. The third-order valence-electron chi connectivity index (χ3n) is 3.84. The molecule has 1 aliphatic rings. The third kappa shape index (κ3) is 5.03. The minimum Gasteiger partial charge on any atom is -0.396 e. The van der Waals surface area contributed by atoms with Gasteiger partial charge in [0.25, 0.3) is 0 Å². The second kappa shape index (κ2) is 9.89. The fourth-order valence-corrected chi connectivity index (χ4v) is 2.33. The van der Waals surface area contributed by atoms with E-state index in [4.69, 9.17) is 19.7 Å². The lowest BCUT2D eigenvalue weighted by Gasteiger charge is -2.41. The molecule has 0 aliphatic carbocycles. The fraction of sp³-hybridized carbons (Fsp3) is 1.00. The van der Waals surface area contributed by atoms with Gasteiger partial charge in [-0.3, -0.25) is 0 Å². The molecule has 0 amide bonds. The molecule has 3 unspecified atom stereocenters. The van der Waals surface area contributed by atoms with E-state index in [0.717, 1.165) is 7.11 Å². The van der Waals surface area contributed by atoms with Gasteiger partial charge in [0.15, 0.2) is 12.6 Å². The van der Waals surface area contributed by atoms with Crippen LogP contribution in [0, 0.1) is 0 Å². The predicted octanol–water partition coefficient (Wildman–Crippen LogP) is -4.76. The molecule has 11 nitrogen and oxygen atoms in total. The molecule has 1 heterocycles. The predicted molar refractivity (Wildman–Crippen MR) is 75.4 cm³/mol. The van der Waals surface area contributed by atoms with Gasteiger partial charge in [-0.2, -0.15) is 0 Å². The molecular formula is C13H26O11. The number of hydrogen-bond donors (Lipinski definition) is 8. The lowest BCUT2D eigenvalue weighted by molar-refractivity contribution is -0.322. The van der Waals surface area contributed by atoms with Crippen LogP contribution < -0.4 is 0 Å². The van der Waals surface area contributed by atoms with Crippen molar-refractivity contribution in [1.82, 2.24) is 0 Å². The van der Waals surface area contributed by atoms with Crippen LogP contribution in [0.4, 0.5) is 0 Å². The highest BCUT2D eigenvalue weighted by molar-refractivity contribution is 4.90. The highest BCUT2D eigenvalue weighted by Crippen LogP contribution is 2.25. The molecule has 0 bridgehead atoms. The van der Waals surface area contributed by atoms with Crippen molar-refractivity contribution < 1.29 is 55.1 Å². The molecule has 11 heteroatoms. The molecule has 1 saturated heterocycles. The van der Waals surface area contributed by atoms with E-state index in [1.807, 2.05) is 0 Å². The van der Waals surface area contributed by atoms with E-state index in [1.54, 1.807) is 0 Å². The van der Waals surface area contributed by atoms with Crippen molar-refractivity contribution in [3.05, 3.63) is 0 Å². The molecule has 0 aromatic heterocycles. The lowest BCUT2D eigenvalue weighted by Crippen LogP contribution is -2.60. The molecule has 8 N–H and O–H groups in total. The van der Waals surface area contributed by atoms with Gasteiger partial charge in [0.05, 0.1) is 12.7 Å². The fourth-order valence-electron chi connectivity index (χ4n) is 2.33. The van der Waals surface area contributed by atoms with Gasteiger partial charge < -0.3 is 55.1 Å². The highest BCUT2D eigenvalue weighted by Gasteiger charge is 2.46. The van der Waals surface area contributed by atoms with Gasteiger partial charge in [0.2, 0.25) is 0 Å². The van der Waals surface area contributed by atoms with E-state index in [9.17, 15) is 30.6 Å². The Hall–Kier alpha value is -0.440. The van der Waals surface area contributed by atoms with Gasteiger partial charge in [-0.25, -0.2) is 0 Å². The first-order valence-electron chi connectivity index (χ1n) is 7.42. The summed E-state index contributed by atoms with van der Waals surface area (Å²) in [6.07, 6.45) is -14.5. The first kappa shape index (κ1) is 21.6. The van der Waals surface area contributed by atoms with Gasteiger partial charge in [0.1, 0.15) is 36.6 Å². The number of hydrogen-bond acceptors (Lipinski definition) is 11. The smallest absolute Gasteiger partial charge is 0.187 e. The van der Waals surface area contributed by atoms with Crippen LogP contribution in [-0.4, -0.2) is 116 Å². The lowest BCUT2D eigenvalue weighted by atomic mass is 9.99. The molecule has 9 atom stereocenters. The van der Waals surface area contributed by atoms with Gasteiger partial charge in [-0.05, 0) is 6.42 Å². The van der Waals surface area contributed by atoms with Crippen molar-refractivity contribution in [2.24, 2.45) is 0 Å². The van der Waals surface area contributed by atoms with Gasteiger partial charge in [0, 0.05) is 13.7 Å². The molecule has 1 rings (SSSR count). The van der Waals surface area contributed by atoms with Crippen molar-refractivity contribution in [1.29, 1.82) is 0 Å². The first-order valence-corrected chi connectivity index (χ1v) is 7.42. The molecule has 24 heavy (non-hydrogen) atoms. The summed E-state index contributed by atoms with van der Waals surface area (Å²) in [4.78, 5) is 0. The molecule has 0 spiro atoms. The van der Waals surface area contributed by atoms with E-state index >= 15 is 0 Å². The third-order valence-corrected chi connectivity index (χ3v) is 3.84. The zero-order valence-corrected chi connectivity index (χ0v) is 13.1. The standard InChI is InChI=1S/C13H26O11/c1-22-12(21)10(19)7(16)5(2-3-14)23-13-11(20)9(18)8(17)6(4-15)24-13/h5-21H,2-4H2,1H3/t5-,6?,7?,8+,9+,10+,11?,12-,13-/m1/s1. The average molecular weight is 358 g/mol. The second-order valence-electron chi connectivity index (χ2n) is 5.49. The van der Waals surface area contributed by atoms with E-state index in [2.05, 4.69) is 4.74 Å². The summed E-state index contributed by atoms with van der Waals surface area (Å²) in [5.74, 6) is 0. The van der Waals surface area contributed by atoms with Crippen LogP contribution in [0.2, 0.25) is 0 Å². The van der Waals surface area contributed by atoms with Crippen molar-refractivity contribution in [3.8, 4) is 0 Å². The minimum absolute atomic E-state index is 0.205. The Kier molecular flexibility index (Phi) is 8.90. The number of aliphatic hydroxyl groups excluding tert-OH is 8. The minimum atomic E-state index is -1.78. The van der Waals surface area contributed by atoms with Crippen LogP contribution in [0.25, 0.3) is 0 Å². The quantitative estimate of drug-likeness (QED) is 0.185. The van der Waals surface area contributed by atoms with Crippen molar-refractivity contribution in [2.45, 2.75) is 61.7 Å². The highest BCUT2D eigenvalue weighted by atomic mass is 16.7. The Balaban J connectivity index is 2.82. The van der Waals surface area contributed by atoms with Crippen molar-refractivity contribution in [3.63, 3.8) is 0 Å². The Morgan fingerprint density at radius 2 is 1.58 bits per heavy atom. The zero-order valence-electron chi connectivity index (χ0n) is 13.1. The van der Waals surface area contributed by atoms with Crippen LogP contribution in [0.5, 0.6) is 0 Å². The van der Waals surface area contributed by atoms with E-state index in [1.165, 1.54) is 0 Å². The molecule has 0 aromatic rings. The Morgan fingerprint density at radius 1 is 0.958 bits per heavy atom. The maximum absolute atomic E-state index is 10.0. The molecule has 144 valence electrons. The Morgan fingerprint density at radius 3 is 2.08 bits per heavy atom. The van der Waals surface area contributed by atoms with Crippen molar-refractivity contribution >= 4 is 0 Å². The van der Waals surface area contributed by atoms with E-state index in [-0.39, 0.29) is 6.42 Å². The maximum Gasteiger partial charge on any atom is 0.187 e. The molecule has 1 aliphatic heterocycles. The molecule has 0 saturated carbocycles. The molecule has 1 fully saturated rings. The molecular weight excluding hydrogens is 332 g/mol. The number of methoxy groups -OCH3 is 1. The molecule has 0 radical (unpaired) electrons. The van der Waals surface area contributed by atoms with Crippen LogP contribution in [0.1, 0.15) is 6.42 Å². The topological polar surface area (TPSA) is 190 Å². The van der Waals surface area contributed by atoms with Gasteiger partial charge in [-0.1, -0.05) is 0 Å². The summed E-state index contributed by atoms with van der Waals surface area (Å²) in [6.45, 7) is -1.13. The van der Waals surface area contributed by atoms with Gasteiger partial charge in [-0.15, -0.1) is 0 Å². The Labute approximate surface area is 138 Å². The van der Waals surface area contributed by atoms with Crippen LogP contribution in [0.3, 0.4) is 0 Å². The first-order chi connectivity index (χ1) is 11.3. The summed E-state index contributed by atoms with van der Waals surface area (Å²) in [6, 6.07) is 0. The maximum atomic E-state index is 10.0. The van der Waals surface area contributed by atoms with Crippen LogP contribution in [0.15, 0.2) is 0 Å². The van der Waals surface area contributed by atoms with Crippen molar-refractivity contribution in [2.75, 3.05) is 20.3 Å². The van der Waals surface area contributed by atoms with E-state index < -0.39 is 68.5 Å². The van der Waals surface area contributed by atoms with Crippen LogP contribution in [-0.2, 0) is 14.2 Å². The summed E-state index contributed by atoms with van der Waals surface area (Å²) in [5, 5.41) is 76.6. The van der Waals surface area contributed by atoms with Gasteiger partial charge >= 0.3 is 0 Å². The average Bonchev–Trinajstić information content (AvgIpc) is 2.59. The summed E-state index contributed by atoms with van der Waals surface area (Å²) < 4.78 is 14.9.